The Balaban J connectivity index is 2.64. The van der Waals surface area contributed by atoms with Crippen LogP contribution in [0.4, 0.5) is 18.9 Å². The Kier molecular flexibility index (Phi) is 6.17. The van der Waals surface area contributed by atoms with Gasteiger partial charge in [-0.15, -0.1) is 0 Å². The molecule has 0 atom stereocenters. The van der Waals surface area contributed by atoms with Crippen LogP contribution in [0.3, 0.4) is 0 Å². The molecule has 0 aromatic heterocycles. The van der Waals surface area contributed by atoms with E-state index in [0.29, 0.717) is 6.54 Å². The highest BCUT2D eigenvalue weighted by molar-refractivity contribution is 8.00. The van der Waals surface area contributed by atoms with E-state index in [-0.39, 0.29) is 34.7 Å². The maximum absolute atomic E-state index is 12.3. The molecule has 1 amide bonds. The number of para-hydroxylation sites is 1. The van der Waals surface area contributed by atoms with Crippen LogP contribution < -0.4 is 10.6 Å². The molecule has 0 radical (unpaired) electrons. The van der Waals surface area contributed by atoms with Crippen LogP contribution in [-0.4, -0.2) is 24.5 Å². The Morgan fingerprint density at radius 2 is 2.00 bits per heavy atom. The lowest BCUT2D eigenvalue weighted by Gasteiger charge is -2.12. The molecule has 1 rings (SSSR count). The maximum atomic E-state index is 12.3. The van der Waals surface area contributed by atoms with Gasteiger partial charge in [0.05, 0.1) is 5.69 Å². The topological polar surface area (TPSA) is 41.1 Å². The minimum absolute atomic E-state index is 0.00759. The third-order valence-corrected chi connectivity index (χ3v) is 2.97. The molecule has 0 saturated carbocycles. The van der Waals surface area contributed by atoms with Gasteiger partial charge in [0.15, 0.2) is 0 Å². The van der Waals surface area contributed by atoms with E-state index < -0.39 is 5.51 Å². The number of rotatable bonds is 6. The van der Waals surface area contributed by atoms with Gasteiger partial charge in [0.1, 0.15) is 0 Å². The highest BCUT2D eigenvalue weighted by Crippen LogP contribution is 2.40. The van der Waals surface area contributed by atoms with E-state index in [1.54, 1.807) is 6.07 Å². The summed E-state index contributed by atoms with van der Waals surface area (Å²) in [4.78, 5) is 11.6. The van der Waals surface area contributed by atoms with Crippen LogP contribution in [0.2, 0.25) is 0 Å². The number of alkyl halides is 3. The number of thioether (sulfide) groups is 1. The number of amides is 1. The summed E-state index contributed by atoms with van der Waals surface area (Å²) < 4.78 is 37.0. The molecular weight excluding hydrogens is 277 g/mol. The minimum Gasteiger partial charge on any atom is -0.325 e. The van der Waals surface area contributed by atoms with E-state index in [1.165, 1.54) is 18.2 Å². The van der Waals surface area contributed by atoms with Crippen molar-refractivity contribution < 1.29 is 18.0 Å². The highest BCUT2D eigenvalue weighted by atomic mass is 32.2. The number of carbonyl (C=O) groups is 1. The largest absolute Gasteiger partial charge is 0.446 e. The standard InChI is InChI=1S/C12H15F3N2OS/c1-2-16-8-7-11(18)17-9-5-3-4-6-10(9)19-12(13,14)15/h3-6,16H,2,7-8H2,1H3,(H,17,18). The van der Waals surface area contributed by atoms with Crippen molar-refractivity contribution in [2.24, 2.45) is 0 Å². The fourth-order valence-corrected chi connectivity index (χ4v) is 2.00. The zero-order valence-electron chi connectivity index (χ0n) is 10.4. The van der Waals surface area contributed by atoms with Crippen molar-refractivity contribution in [3.05, 3.63) is 24.3 Å². The SMILES string of the molecule is CCNCCC(=O)Nc1ccccc1SC(F)(F)F. The second-order valence-electron chi connectivity index (χ2n) is 3.70. The van der Waals surface area contributed by atoms with Crippen molar-refractivity contribution in [2.45, 2.75) is 23.7 Å². The summed E-state index contributed by atoms with van der Waals surface area (Å²) in [6, 6.07) is 5.87. The number of anilines is 1. The van der Waals surface area contributed by atoms with Gasteiger partial charge in [-0.2, -0.15) is 13.2 Å². The van der Waals surface area contributed by atoms with Crippen molar-refractivity contribution in [1.29, 1.82) is 0 Å². The molecule has 0 bridgehead atoms. The maximum Gasteiger partial charge on any atom is 0.446 e. The first-order chi connectivity index (χ1) is 8.92. The summed E-state index contributed by atoms with van der Waals surface area (Å²) in [5.41, 5.74) is -4.18. The molecule has 0 fully saturated rings. The molecule has 0 aliphatic carbocycles. The van der Waals surface area contributed by atoms with Gasteiger partial charge in [-0.05, 0) is 30.4 Å². The smallest absolute Gasteiger partial charge is 0.325 e. The van der Waals surface area contributed by atoms with Gasteiger partial charge in [-0.1, -0.05) is 19.1 Å². The molecule has 0 aliphatic heterocycles. The zero-order valence-corrected chi connectivity index (χ0v) is 11.2. The lowest BCUT2D eigenvalue weighted by Crippen LogP contribution is -2.21. The summed E-state index contributed by atoms with van der Waals surface area (Å²) in [6.07, 6.45) is 0.221. The number of hydrogen-bond acceptors (Lipinski definition) is 3. The quantitative estimate of drug-likeness (QED) is 0.625. The fraction of sp³-hybridized carbons (Fsp3) is 0.417. The molecule has 0 spiro atoms. The average molecular weight is 292 g/mol. The third kappa shape index (κ3) is 6.49. The van der Waals surface area contributed by atoms with Gasteiger partial charge in [-0.25, -0.2) is 0 Å². The van der Waals surface area contributed by atoms with E-state index in [1.807, 2.05) is 6.92 Å². The molecule has 0 unspecified atom stereocenters. The summed E-state index contributed by atoms with van der Waals surface area (Å²) >= 11 is -0.233. The molecule has 3 nitrogen and oxygen atoms in total. The van der Waals surface area contributed by atoms with Gasteiger partial charge >= 0.3 is 5.51 Å². The van der Waals surface area contributed by atoms with Crippen molar-refractivity contribution in [1.82, 2.24) is 5.32 Å². The predicted molar refractivity (Wildman–Crippen MR) is 70.1 cm³/mol. The van der Waals surface area contributed by atoms with Crippen molar-refractivity contribution in [3.63, 3.8) is 0 Å². The van der Waals surface area contributed by atoms with Crippen LogP contribution in [0, 0.1) is 0 Å². The van der Waals surface area contributed by atoms with Crippen LogP contribution in [0.15, 0.2) is 29.2 Å². The van der Waals surface area contributed by atoms with E-state index in [9.17, 15) is 18.0 Å². The Morgan fingerprint density at radius 3 is 2.63 bits per heavy atom. The monoisotopic (exact) mass is 292 g/mol. The lowest BCUT2D eigenvalue weighted by molar-refractivity contribution is -0.116. The molecule has 19 heavy (non-hydrogen) atoms. The first-order valence-electron chi connectivity index (χ1n) is 5.77. The number of carbonyl (C=O) groups excluding carboxylic acids is 1. The van der Waals surface area contributed by atoms with Crippen LogP contribution >= 0.6 is 11.8 Å². The number of benzene rings is 1. The summed E-state index contributed by atoms with van der Waals surface area (Å²) in [6.45, 7) is 3.15. The Morgan fingerprint density at radius 1 is 1.32 bits per heavy atom. The Bertz CT molecular complexity index is 424. The first-order valence-corrected chi connectivity index (χ1v) is 6.59. The van der Waals surface area contributed by atoms with E-state index in [4.69, 9.17) is 0 Å². The highest BCUT2D eigenvalue weighted by Gasteiger charge is 2.30. The molecule has 2 N–H and O–H groups in total. The van der Waals surface area contributed by atoms with Crippen LogP contribution in [0.1, 0.15) is 13.3 Å². The van der Waals surface area contributed by atoms with Gasteiger partial charge in [0.25, 0.3) is 0 Å². The molecule has 1 aromatic carbocycles. The van der Waals surface area contributed by atoms with Gasteiger partial charge < -0.3 is 10.6 Å². The predicted octanol–water partition coefficient (Wildman–Crippen LogP) is 3.24. The van der Waals surface area contributed by atoms with Crippen molar-refractivity contribution in [3.8, 4) is 0 Å². The summed E-state index contributed by atoms with van der Waals surface area (Å²) in [5.74, 6) is -0.309. The molecule has 106 valence electrons. The van der Waals surface area contributed by atoms with E-state index in [0.717, 1.165) is 6.54 Å². The molecule has 7 heteroatoms. The second kappa shape index (κ2) is 7.40. The summed E-state index contributed by atoms with van der Waals surface area (Å²) in [5, 5.41) is 5.46. The van der Waals surface area contributed by atoms with E-state index >= 15 is 0 Å². The molecule has 0 saturated heterocycles. The van der Waals surface area contributed by atoms with Crippen LogP contribution in [0.25, 0.3) is 0 Å². The fourth-order valence-electron chi connectivity index (χ4n) is 1.37. The van der Waals surface area contributed by atoms with E-state index in [2.05, 4.69) is 10.6 Å². The van der Waals surface area contributed by atoms with Gasteiger partial charge in [0.2, 0.25) is 5.91 Å². The normalized spacial score (nSPS) is 11.4. The average Bonchev–Trinajstić information content (AvgIpc) is 2.30. The molecule has 0 heterocycles. The first kappa shape index (κ1) is 15.8. The third-order valence-electron chi connectivity index (χ3n) is 2.17. The Labute approximate surface area is 114 Å². The van der Waals surface area contributed by atoms with Crippen molar-refractivity contribution in [2.75, 3.05) is 18.4 Å². The summed E-state index contributed by atoms with van der Waals surface area (Å²) in [7, 11) is 0. The molecule has 1 aromatic rings. The Hall–Kier alpha value is -1.21. The van der Waals surface area contributed by atoms with Crippen LogP contribution in [0.5, 0.6) is 0 Å². The minimum atomic E-state index is -4.37. The van der Waals surface area contributed by atoms with Gasteiger partial charge in [0, 0.05) is 17.9 Å². The zero-order chi connectivity index (χ0) is 14.3. The molecular formula is C12H15F3N2OS. The lowest BCUT2D eigenvalue weighted by atomic mass is 10.3. The number of nitrogens with one attached hydrogen (secondary N) is 2. The van der Waals surface area contributed by atoms with Crippen LogP contribution in [-0.2, 0) is 4.79 Å². The molecule has 0 aliphatic rings. The number of hydrogen-bond donors (Lipinski definition) is 2. The van der Waals surface area contributed by atoms with Gasteiger partial charge in [-0.3, -0.25) is 4.79 Å². The van der Waals surface area contributed by atoms with Crippen molar-refractivity contribution >= 4 is 23.4 Å². The number of halogens is 3. The second-order valence-corrected chi connectivity index (χ2v) is 4.80.